The summed E-state index contributed by atoms with van der Waals surface area (Å²) in [4.78, 5) is 22.4. The fourth-order valence-corrected chi connectivity index (χ4v) is 6.55. The third kappa shape index (κ3) is 41.4. The van der Waals surface area contributed by atoms with Crippen molar-refractivity contribution in [2.75, 3.05) is 33.0 Å². The van der Waals surface area contributed by atoms with Crippen molar-refractivity contribution < 1.29 is 32.8 Å². The SMILES string of the molecule is CC/C=C\C/C=C\C/C=C\C/C=C\C/C=C\CCCCCCCCCCCCOCC(COP(=O)(O)OCCN)OC(=O)CCCCCCCCCCC. The van der Waals surface area contributed by atoms with Crippen molar-refractivity contribution in [3.05, 3.63) is 60.8 Å². The Hall–Kier alpha value is -1.80. The van der Waals surface area contributed by atoms with Crippen LogP contribution in [0.25, 0.3) is 0 Å². The van der Waals surface area contributed by atoms with E-state index in [1.54, 1.807) is 0 Å². The third-order valence-corrected chi connectivity index (χ3v) is 9.93. The minimum atomic E-state index is -4.27. The Kier molecular flexibility index (Phi) is 40.9. The van der Waals surface area contributed by atoms with Gasteiger partial charge in [0.25, 0.3) is 0 Å². The summed E-state index contributed by atoms with van der Waals surface area (Å²) in [6, 6.07) is 0. The average Bonchev–Trinajstić information content (AvgIpc) is 3.16. The van der Waals surface area contributed by atoms with Crippen LogP contribution in [0.1, 0.15) is 181 Å². The van der Waals surface area contributed by atoms with E-state index in [9.17, 15) is 14.3 Å². The molecule has 0 radical (unpaired) electrons. The summed E-state index contributed by atoms with van der Waals surface area (Å²) in [6.07, 6.45) is 51.1. The molecule has 0 fully saturated rings. The molecule has 0 saturated carbocycles. The molecule has 8 nitrogen and oxygen atoms in total. The predicted octanol–water partition coefficient (Wildman–Crippen LogP) is 13.0. The van der Waals surface area contributed by atoms with Crippen LogP contribution in [0.4, 0.5) is 0 Å². The first-order valence-electron chi connectivity index (χ1n) is 21.8. The topological polar surface area (TPSA) is 117 Å². The molecule has 314 valence electrons. The van der Waals surface area contributed by atoms with Gasteiger partial charge in [-0.3, -0.25) is 13.8 Å². The molecule has 2 unspecified atom stereocenters. The zero-order chi connectivity index (χ0) is 39.5. The first kappa shape index (κ1) is 52.2. The number of ether oxygens (including phenoxy) is 2. The molecule has 0 rings (SSSR count). The lowest BCUT2D eigenvalue weighted by Gasteiger charge is -2.20. The summed E-state index contributed by atoms with van der Waals surface area (Å²) in [5, 5.41) is 0. The van der Waals surface area contributed by atoms with Gasteiger partial charge in [0, 0.05) is 19.6 Å². The number of carbonyl (C=O) groups is 1. The smallest absolute Gasteiger partial charge is 0.457 e. The molecule has 0 heterocycles. The quantitative estimate of drug-likeness (QED) is 0.0273. The Morgan fingerprint density at radius 3 is 1.56 bits per heavy atom. The number of rotatable bonds is 41. The minimum absolute atomic E-state index is 0.0975. The summed E-state index contributed by atoms with van der Waals surface area (Å²) < 4.78 is 33.3. The van der Waals surface area contributed by atoms with E-state index in [-0.39, 0.29) is 32.3 Å². The number of hydrogen-bond acceptors (Lipinski definition) is 7. The molecule has 0 spiro atoms. The molecule has 54 heavy (non-hydrogen) atoms. The highest BCUT2D eigenvalue weighted by Gasteiger charge is 2.25. The van der Waals surface area contributed by atoms with Crippen LogP contribution >= 0.6 is 7.82 Å². The van der Waals surface area contributed by atoms with Crippen LogP contribution in [-0.2, 0) is 27.9 Å². The standard InChI is InChI=1S/C45H82NO7P/c1-3-5-7-9-11-13-14-15-16-17-18-19-20-21-22-23-24-25-26-27-28-29-31-33-35-37-40-50-42-44(43-52-54(48,49)51-41-39-46)53-45(47)38-36-34-32-30-12-10-8-6-4-2/h5,7,11,13,15-16,18-19,21-22,44H,3-4,6,8-10,12,14,17,20,23-43,46H2,1-2H3,(H,48,49)/b7-5-,13-11-,16-15-,19-18-,22-21-. The van der Waals surface area contributed by atoms with Crippen molar-refractivity contribution in [3.8, 4) is 0 Å². The van der Waals surface area contributed by atoms with E-state index in [0.29, 0.717) is 13.0 Å². The monoisotopic (exact) mass is 780 g/mol. The van der Waals surface area contributed by atoms with Gasteiger partial charge in [0.2, 0.25) is 0 Å². The molecular weight excluding hydrogens is 697 g/mol. The van der Waals surface area contributed by atoms with Gasteiger partial charge in [-0.2, -0.15) is 0 Å². The van der Waals surface area contributed by atoms with Crippen LogP contribution in [0.3, 0.4) is 0 Å². The number of allylic oxidation sites excluding steroid dienone is 10. The van der Waals surface area contributed by atoms with E-state index in [1.165, 1.54) is 96.3 Å². The number of phosphoric ester groups is 1. The Balaban J connectivity index is 3.91. The number of unbranched alkanes of at least 4 members (excludes halogenated alkanes) is 18. The third-order valence-electron chi connectivity index (χ3n) is 8.95. The number of phosphoric acid groups is 1. The van der Waals surface area contributed by atoms with Crippen molar-refractivity contribution >= 4 is 13.8 Å². The van der Waals surface area contributed by atoms with E-state index in [2.05, 4.69) is 74.6 Å². The zero-order valence-corrected chi connectivity index (χ0v) is 35.6. The van der Waals surface area contributed by atoms with Crippen LogP contribution in [0.5, 0.6) is 0 Å². The molecule has 0 saturated heterocycles. The number of nitrogens with two attached hydrogens (primary N) is 1. The first-order chi connectivity index (χ1) is 26.4. The predicted molar refractivity (Wildman–Crippen MR) is 229 cm³/mol. The second-order valence-corrected chi connectivity index (χ2v) is 15.6. The van der Waals surface area contributed by atoms with E-state index in [1.807, 2.05) is 0 Å². The van der Waals surface area contributed by atoms with Gasteiger partial charge >= 0.3 is 13.8 Å². The van der Waals surface area contributed by atoms with Crippen molar-refractivity contribution in [1.29, 1.82) is 0 Å². The lowest BCUT2D eigenvalue weighted by atomic mass is 10.1. The molecule has 0 aromatic rings. The molecule has 0 aromatic heterocycles. The zero-order valence-electron chi connectivity index (χ0n) is 34.7. The molecule has 0 aliphatic heterocycles. The van der Waals surface area contributed by atoms with Crippen molar-refractivity contribution in [2.24, 2.45) is 5.73 Å². The summed E-state index contributed by atoms with van der Waals surface area (Å²) in [6.45, 7) is 4.77. The van der Waals surface area contributed by atoms with Crippen LogP contribution in [-0.4, -0.2) is 49.9 Å². The summed E-state index contributed by atoms with van der Waals surface area (Å²) >= 11 is 0. The highest BCUT2D eigenvalue weighted by molar-refractivity contribution is 7.47. The lowest BCUT2D eigenvalue weighted by Crippen LogP contribution is -2.28. The van der Waals surface area contributed by atoms with Gasteiger partial charge in [0.1, 0.15) is 6.10 Å². The average molecular weight is 780 g/mol. The van der Waals surface area contributed by atoms with Crippen LogP contribution < -0.4 is 5.73 Å². The second-order valence-electron chi connectivity index (χ2n) is 14.2. The molecule has 0 amide bonds. The molecule has 2 atom stereocenters. The highest BCUT2D eigenvalue weighted by atomic mass is 31.2. The lowest BCUT2D eigenvalue weighted by molar-refractivity contribution is -0.154. The minimum Gasteiger partial charge on any atom is -0.457 e. The number of esters is 1. The Bertz CT molecular complexity index is 1010. The molecular formula is C45H82NO7P. The molecule has 0 aliphatic rings. The van der Waals surface area contributed by atoms with Gasteiger partial charge in [-0.15, -0.1) is 0 Å². The molecule has 3 N–H and O–H groups in total. The molecule has 0 bridgehead atoms. The maximum atomic E-state index is 12.5. The maximum Gasteiger partial charge on any atom is 0.472 e. The largest absolute Gasteiger partial charge is 0.472 e. The van der Waals surface area contributed by atoms with E-state index >= 15 is 0 Å². The molecule has 9 heteroatoms. The fraction of sp³-hybridized carbons (Fsp3) is 0.756. The van der Waals surface area contributed by atoms with Crippen LogP contribution in [0, 0.1) is 0 Å². The van der Waals surface area contributed by atoms with Crippen LogP contribution in [0.2, 0.25) is 0 Å². The Labute approximate surface area is 332 Å². The first-order valence-corrected chi connectivity index (χ1v) is 23.3. The van der Waals surface area contributed by atoms with E-state index in [0.717, 1.165) is 64.2 Å². The fourth-order valence-electron chi connectivity index (χ4n) is 5.79. The summed E-state index contributed by atoms with van der Waals surface area (Å²) in [7, 11) is -4.27. The van der Waals surface area contributed by atoms with Crippen molar-refractivity contribution in [1.82, 2.24) is 0 Å². The Morgan fingerprint density at radius 2 is 1.04 bits per heavy atom. The highest BCUT2D eigenvalue weighted by Crippen LogP contribution is 2.43. The molecule has 0 aromatic carbocycles. The van der Waals surface area contributed by atoms with Gasteiger partial charge in [-0.1, -0.05) is 177 Å². The second kappa shape index (κ2) is 42.3. The van der Waals surface area contributed by atoms with Crippen molar-refractivity contribution in [3.63, 3.8) is 0 Å². The van der Waals surface area contributed by atoms with E-state index in [4.69, 9.17) is 24.3 Å². The number of carbonyl (C=O) groups excluding carboxylic acids is 1. The van der Waals surface area contributed by atoms with Crippen molar-refractivity contribution in [2.45, 2.75) is 187 Å². The van der Waals surface area contributed by atoms with Gasteiger partial charge in [0.15, 0.2) is 0 Å². The summed E-state index contributed by atoms with van der Waals surface area (Å²) in [5.41, 5.74) is 5.36. The van der Waals surface area contributed by atoms with Gasteiger partial charge < -0.3 is 20.1 Å². The number of hydrogen-bond donors (Lipinski definition) is 2. The van der Waals surface area contributed by atoms with Gasteiger partial charge in [-0.05, 0) is 57.8 Å². The Morgan fingerprint density at radius 1 is 0.574 bits per heavy atom. The normalized spacial score (nSPS) is 14.1. The van der Waals surface area contributed by atoms with Gasteiger partial charge in [-0.25, -0.2) is 4.57 Å². The molecule has 0 aliphatic carbocycles. The summed E-state index contributed by atoms with van der Waals surface area (Å²) in [5.74, 6) is -0.337. The van der Waals surface area contributed by atoms with E-state index < -0.39 is 13.9 Å². The van der Waals surface area contributed by atoms with Crippen LogP contribution in [0.15, 0.2) is 60.8 Å². The maximum absolute atomic E-state index is 12.5. The van der Waals surface area contributed by atoms with Gasteiger partial charge in [0.05, 0.1) is 19.8 Å².